The standard InChI is InChI=1S/C17H34N6O/c1-5-18-17(19-9-12-22(3)10-7-13-24-4)20-14-16(2)15-23-11-6-8-21-23/h6,8,11,16H,5,7,9-10,12-15H2,1-4H3,(H2,18,19,20). The van der Waals surface area contributed by atoms with Gasteiger partial charge in [0.25, 0.3) is 0 Å². The second kappa shape index (κ2) is 12.8. The molecule has 1 aromatic heterocycles. The first-order valence-electron chi connectivity index (χ1n) is 8.82. The Bertz CT molecular complexity index is 434. The van der Waals surface area contributed by atoms with E-state index in [9.17, 15) is 0 Å². The van der Waals surface area contributed by atoms with E-state index in [0.717, 1.165) is 58.3 Å². The lowest BCUT2D eigenvalue weighted by atomic mass is 10.2. The molecule has 0 aromatic carbocycles. The van der Waals surface area contributed by atoms with Crippen molar-refractivity contribution in [2.75, 3.05) is 53.5 Å². The molecular weight excluding hydrogens is 304 g/mol. The third kappa shape index (κ3) is 9.52. The highest BCUT2D eigenvalue weighted by molar-refractivity contribution is 5.79. The molecule has 7 nitrogen and oxygen atoms in total. The van der Waals surface area contributed by atoms with Crippen molar-refractivity contribution in [1.82, 2.24) is 25.3 Å². The Morgan fingerprint density at radius 3 is 2.88 bits per heavy atom. The summed E-state index contributed by atoms with van der Waals surface area (Å²) in [7, 11) is 3.88. The molecular formula is C17H34N6O. The van der Waals surface area contributed by atoms with Gasteiger partial charge in [0.05, 0.1) is 0 Å². The van der Waals surface area contributed by atoms with Gasteiger partial charge < -0.3 is 20.3 Å². The number of nitrogens with zero attached hydrogens (tertiary/aromatic N) is 4. The van der Waals surface area contributed by atoms with Crippen molar-refractivity contribution < 1.29 is 4.74 Å². The van der Waals surface area contributed by atoms with Crippen LogP contribution >= 0.6 is 0 Å². The second-order valence-electron chi connectivity index (χ2n) is 6.13. The molecule has 0 aliphatic rings. The molecule has 0 saturated carbocycles. The maximum Gasteiger partial charge on any atom is 0.191 e. The zero-order valence-corrected chi connectivity index (χ0v) is 15.7. The van der Waals surface area contributed by atoms with E-state index in [1.165, 1.54) is 0 Å². The van der Waals surface area contributed by atoms with Gasteiger partial charge >= 0.3 is 0 Å². The second-order valence-corrected chi connectivity index (χ2v) is 6.13. The van der Waals surface area contributed by atoms with Crippen LogP contribution in [0.4, 0.5) is 0 Å². The molecule has 0 aliphatic heterocycles. The Hall–Kier alpha value is -1.60. The van der Waals surface area contributed by atoms with Crippen LogP contribution in [0.5, 0.6) is 0 Å². The van der Waals surface area contributed by atoms with E-state index >= 15 is 0 Å². The van der Waals surface area contributed by atoms with Gasteiger partial charge in [-0.3, -0.25) is 9.67 Å². The van der Waals surface area contributed by atoms with Gasteiger partial charge in [-0.25, -0.2) is 0 Å². The van der Waals surface area contributed by atoms with Crippen LogP contribution in [0.25, 0.3) is 0 Å². The fraction of sp³-hybridized carbons (Fsp3) is 0.765. The number of hydrogen-bond donors (Lipinski definition) is 2. The third-order valence-corrected chi connectivity index (χ3v) is 3.64. The normalized spacial score (nSPS) is 13.3. The van der Waals surface area contributed by atoms with Crippen molar-refractivity contribution in [3.63, 3.8) is 0 Å². The van der Waals surface area contributed by atoms with Crippen molar-refractivity contribution >= 4 is 5.96 Å². The number of methoxy groups -OCH3 is 1. The smallest absolute Gasteiger partial charge is 0.191 e. The Kier molecular flexibility index (Phi) is 10.9. The molecule has 0 amide bonds. The number of nitrogens with one attached hydrogen (secondary N) is 2. The first kappa shape index (κ1) is 20.4. The Balaban J connectivity index is 2.28. The van der Waals surface area contributed by atoms with E-state index in [1.807, 2.05) is 23.1 Å². The summed E-state index contributed by atoms with van der Waals surface area (Å²) in [5.74, 6) is 1.33. The van der Waals surface area contributed by atoms with E-state index < -0.39 is 0 Å². The Morgan fingerprint density at radius 2 is 2.21 bits per heavy atom. The number of rotatable bonds is 12. The van der Waals surface area contributed by atoms with Gasteiger partial charge in [-0.05, 0) is 32.4 Å². The summed E-state index contributed by atoms with van der Waals surface area (Å²) >= 11 is 0. The number of aromatic nitrogens is 2. The van der Waals surface area contributed by atoms with Crippen LogP contribution in [-0.2, 0) is 11.3 Å². The molecule has 0 bridgehead atoms. The molecule has 0 spiro atoms. The van der Waals surface area contributed by atoms with Crippen molar-refractivity contribution in [2.24, 2.45) is 10.9 Å². The number of guanidine groups is 1. The number of likely N-dealkylation sites (N-methyl/N-ethyl adjacent to an activating group) is 1. The number of ether oxygens (including phenoxy) is 1. The third-order valence-electron chi connectivity index (χ3n) is 3.64. The molecule has 0 aliphatic carbocycles. The van der Waals surface area contributed by atoms with Gasteiger partial charge in [0.15, 0.2) is 5.96 Å². The predicted molar refractivity (Wildman–Crippen MR) is 99.4 cm³/mol. The summed E-state index contributed by atoms with van der Waals surface area (Å²) in [6.07, 6.45) is 4.86. The Morgan fingerprint density at radius 1 is 1.38 bits per heavy atom. The zero-order valence-electron chi connectivity index (χ0n) is 15.7. The van der Waals surface area contributed by atoms with Crippen LogP contribution < -0.4 is 10.6 Å². The monoisotopic (exact) mass is 338 g/mol. The first-order chi connectivity index (χ1) is 11.7. The van der Waals surface area contributed by atoms with Gasteiger partial charge in [-0.2, -0.15) is 5.10 Å². The molecule has 1 heterocycles. The molecule has 2 N–H and O–H groups in total. The lowest BCUT2D eigenvalue weighted by Crippen LogP contribution is -2.41. The first-order valence-corrected chi connectivity index (χ1v) is 8.82. The molecule has 1 unspecified atom stereocenters. The quantitative estimate of drug-likeness (QED) is 0.339. The van der Waals surface area contributed by atoms with Crippen LogP contribution in [0.3, 0.4) is 0 Å². The van der Waals surface area contributed by atoms with Crippen molar-refractivity contribution in [3.05, 3.63) is 18.5 Å². The highest BCUT2D eigenvalue weighted by atomic mass is 16.5. The van der Waals surface area contributed by atoms with E-state index in [4.69, 9.17) is 4.74 Å². The molecule has 1 aromatic rings. The fourth-order valence-corrected chi connectivity index (χ4v) is 2.33. The average molecular weight is 339 g/mol. The maximum atomic E-state index is 5.08. The van der Waals surface area contributed by atoms with Crippen molar-refractivity contribution in [2.45, 2.75) is 26.8 Å². The van der Waals surface area contributed by atoms with Gasteiger partial charge in [0.1, 0.15) is 0 Å². The summed E-state index contributed by atoms with van der Waals surface area (Å²) in [6, 6.07) is 1.95. The fourth-order valence-electron chi connectivity index (χ4n) is 2.33. The van der Waals surface area contributed by atoms with Crippen molar-refractivity contribution in [1.29, 1.82) is 0 Å². The molecule has 7 heteroatoms. The molecule has 0 saturated heterocycles. The van der Waals surface area contributed by atoms with E-state index in [1.54, 1.807) is 7.11 Å². The van der Waals surface area contributed by atoms with Gasteiger partial charge in [0.2, 0.25) is 0 Å². The van der Waals surface area contributed by atoms with Crippen LogP contribution in [0, 0.1) is 5.92 Å². The molecule has 138 valence electrons. The highest BCUT2D eigenvalue weighted by Gasteiger charge is 2.04. The van der Waals surface area contributed by atoms with Gasteiger partial charge in [-0.15, -0.1) is 0 Å². The summed E-state index contributed by atoms with van der Waals surface area (Å²) in [5.41, 5.74) is 0. The SMILES string of the molecule is CCNC(=NCC(C)Cn1cccn1)NCCN(C)CCCOC. The van der Waals surface area contributed by atoms with E-state index in [2.05, 4.69) is 46.5 Å². The number of hydrogen-bond acceptors (Lipinski definition) is 4. The molecule has 1 atom stereocenters. The van der Waals surface area contributed by atoms with Crippen LogP contribution in [0.1, 0.15) is 20.3 Å². The van der Waals surface area contributed by atoms with Gasteiger partial charge in [0, 0.05) is 65.4 Å². The van der Waals surface area contributed by atoms with Crippen LogP contribution in [0.15, 0.2) is 23.5 Å². The lowest BCUT2D eigenvalue weighted by Gasteiger charge is -2.18. The molecule has 1 rings (SSSR count). The molecule has 24 heavy (non-hydrogen) atoms. The minimum absolute atomic E-state index is 0.442. The van der Waals surface area contributed by atoms with Gasteiger partial charge in [-0.1, -0.05) is 6.92 Å². The summed E-state index contributed by atoms with van der Waals surface area (Å²) in [4.78, 5) is 6.98. The topological polar surface area (TPSA) is 66.7 Å². The predicted octanol–water partition coefficient (Wildman–Crippen LogP) is 1.04. The summed E-state index contributed by atoms with van der Waals surface area (Å²) < 4.78 is 7.03. The van der Waals surface area contributed by atoms with Crippen LogP contribution in [0.2, 0.25) is 0 Å². The Labute approximate surface area is 146 Å². The lowest BCUT2D eigenvalue weighted by molar-refractivity contribution is 0.180. The minimum Gasteiger partial charge on any atom is -0.385 e. The van der Waals surface area contributed by atoms with E-state index in [-0.39, 0.29) is 0 Å². The van der Waals surface area contributed by atoms with Crippen LogP contribution in [-0.4, -0.2) is 74.1 Å². The number of aliphatic imine (C=N–C) groups is 1. The largest absolute Gasteiger partial charge is 0.385 e. The zero-order chi connectivity index (χ0) is 17.6. The molecule has 0 radical (unpaired) electrons. The molecule has 0 fully saturated rings. The van der Waals surface area contributed by atoms with E-state index in [0.29, 0.717) is 5.92 Å². The van der Waals surface area contributed by atoms with Crippen molar-refractivity contribution in [3.8, 4) is 0 Å². The summed E-state index contributed by atoms with van der Waals surface area (Å²) in [5, 5.41) is 10.9. The maximum absolute atomic E-state index is 5.08. The average Bonchev–Trinajstić information content (AvgIpc) is 3.05. The highest BCUT2D eigenvalue weighted by Crippen LogP contribution is 2.00. The minimum atomic E-state index is 0.442. The summed E-state index contributed by atoms with van der Waals surface area (Å²) in [6.45, 7) is 10.5.